The number of nitrogens with one attached hydrogen (secondary N) is 1. The number of hydrogen-bond donors (Lipinski definition) is 1. The zero-order valence-electron chi connectivity index (χ0n) is 11.4. The van der Waals surface area contributed by atoms with Crippen LogP contribution in [-0.2, 0) is 14.8 Å². The SMILES string of the molecule is CC(C)N1C[C@@H](C)[C@@H](NS(=O)(=O)[C@@H]2CCOC2)C1. The number of ether oxygens (including phenoxy) is 1. The van der Waals surface area contributed by atoms with Gasteiger partial charge in [0.25, 0.3) is 0 Å². The molecule has 6 heteroatoms. The fourth-order valence-corrected chi connectivity index (χ4v) is 4.25. The van der Waals surface area contributed by atoms with Crippen LogP contribution in [0.5, 0.6) is 0 Å². The third kappa shape index (κ3) is 3.04. The Hall–Kier alpha value is -0.170. The number of likely N-dealkylation sites (tertiary alicyclic amines) is 1. The first-order valence-corrected chi connectivity index (χ1v) is 8.27. The Morgan fingerprint density at radius 2 is 2.06 bits per heavy atom. The maximum Gasteiger partial charge on any atom is 0.217 e. The minimum atomic E-state index is -3.23. The van der Waals surface area contributed by atoms with Gasteiger partial charge in [0.05, 0.1) is 6.61 Å². The Kier molecular flexibility index (Phi) is 4.31. The normalized spacial score (nSPS) is 34.6. The molecule has 106 valence electrons. The highest BCUT2D eigenvalue weighted by atomic mass is 32.2. The lowest BCUT2D eigenvalue weighted by Gasteiger charge is -2.21. The summed E-state index contributed by atoms with van der Waals surface area (Å²) >= 11 is 0. The monoisotopic (exact) mass is 276 g/mol. The lowest BCUT2D eigenvalue weighted by molar-refractivity contribution is 0.198. The van der Waals surface area contributed by atoms with Crippen LogP contribution < -0.4 is 4.72 Å². The molecule has 2 fully saturated rings. The highest BCUT2D eigenvalue weighted by Crippen LogP contribution is 2.21. The van der Waals surface area contributed by atoms with E-state index in [1.54, 1.807) is 0 Å². The summed E-state index contributed by atoms with van der Waals surface area (Å²) in [5.74, 6) is 0.365. The van der Waals surface area contributed by atoms with E-state index in [2.05, 4.69) is 30.4 Å². The maximum atomic E-state index is 12.2. The topological polar surface area (TPSA) is 58.6 Å². The number of rotatable bonds is 4. The Balaban J connectivity index is 1.97. The van der Waals surface area contributed by atoms with Crippen molar-refractivity contribution in [3.8, 4) is 0 Å². The van der Waals surface area contributed by atoms with Crippen molar-refractivity contribution in [1.82, 2.24) is 9.62 Å². The van der Waals surface area contributed by atoms with Gasteiger partial charge >= 0.3 is 0 Å². The van der Waals surface area contributed by atoms with E-state index in [0.29, 0.717) is 31.6 Å². The van der Waals surface area contributed by atoms with Gasteiger partial charge in [0.2, 0.25) is 10.0 Å². The van der Waals surface area contributed by atoms with Crippen LogP contribution in [0, 0.1) is 5.92 Å². The van der Waals surface area contributed by atoms with E-state index < -0.39 is 10.0 Å². The molecule has 0 spiro atoms. The van der Waals surface area contributed by atoms with Crippen LogP contribution in [0.1, 0.15) is 27.2 Å². The van der Waals surface area contributed by atoms with E-state index in [0.717, 1.165) is 13.1 Å². The first-order chi connectivity index (χ1) is 8.40. The smallest absolute Gasteiger partial charge is 0.217 e. The molecular formula is C12H24N2O3S. The lowest BCUT2D eigenvalue weighted by atomic mass is 10.1. The van der Waals surface area contributed by atoms with Gasteiger partial charge < -0.3 is 4.74 Å². The Bertz CT molecular complexity index is 377. The Labute approximate surface area is 110 Å². The molecule has 0 aliphatic carbocycles. The molecule has 0 bridgehead atoms. The summed E-state index contributed by atoms with van der Waals surface area (Å²) in [6.07, 6.45) is 0.615. The first-order valence-electron chi connectivity index (χ1n) is 6.73. The molecule has 2 aliphatic rings. The zero-order valence-corrected chi connectivity index (χ0v) is 12.2. The second-order valence-electron chi connectivity index (χ2n) is 5.78. The van der Waals surface area contributed by atoms with Crippen LogP contribution in [-0.4, -0.2) is 57.0 Å². The van der Waals surface area contributed by atoms with Crippen molar-refractivity contribution in [3.63, 3.8) is 0 Å². The summed E-state index contributed by atoms with van der Waals surface area (Å²) in [5.41, 5.74) is 0. The van der Waals surface area contributed by atoms with Gasteiger partial charge in [-0.3, -0.25) is 4.90 Å². The third-order valence-electron chi connectivity index (χ3n) is 4.01. The summed E-state index contributed by atoms with van der Waals surface area (Å²) in [5, 5.41) is -0.363. The molecule has 1 N–H and O–H groups in total. The molecule has 3 atom stereocenters. The van der Waals surface area contributed by atoms with Crippen LogP contribution in [0.3, 0.4) is 0 Å². The van der Waals surface area contributed by atoms with Crippen molar-refractivity contribution in [1.29, 1.82) is 0 Å². The van der Waals surface area contributed by atoms with Gasteiger partial charge in [-0.25, -0.2) is 13.1 Å². The minimum absolute atomic E-state index is 0.0398. The predicted octanol–water partition coefficient (Wildman–Crippen LogP) is 0.423. The molecular weight excluding hydrogens is 252 g/mol. The van der Waals surface area contributed by atoms with Crippen molar-refractivity contribution in [3.05, 3.63) is 0 Å². The van der Waals surface area contributed by atoms with Gasteiger partial charge in [-0.05, 0) is 26.2 Å². The van der Waals surface area contributed by atoms with Gasteiger partial charge in [0.15, 0.2) is 0 Å². The molecule has 5 nitrogen and oxygen atoms in total. The fraction of sp³-hybridized carbons (Fsp3) is 1.00. The van der Waals surface area contributed by atoms with Crippen LogP contribution in [0.25, 0.3) is 0 Å². The summed E-state index contributed by atoms with van der Waals surface area (Å²) in [6, 6.07) is 0.509. The average molecular weight is 276 g/mol. The number of nitrogens with zero attached hydrogens (tertiary/aromatic N) is 1. The molecule has 18 heavy (non-hydrogen) atoms. The maximum absolute atomic E-state index is 12.2. The summed E-state index contributed by atoms with van der Waals surface area (Å²) in [6.45, 7) is 9.08. The number of sulfonamides is 1. The van der Waals surface area contributed by atoms with E-state index >= 15 is 0 Å². The highest BCUT2D eigenvalue weighted by molar-refractivity contribution is 7.90. The van der Waals surface area contributed by atoms with Crippen LogP contribution in [0.15, 0.2) is 0 Å². The van der Waals surface area contributed by atoms with Crippen LogP contribution >= 0.6 is 0 Å². The standard InChI is InChI=1S/C12H24N2O3S/c1-9(2)14-6-10(3)12(7-14)13-18(15,16)11-4-5-17-8-11/h9-13H,4-8H2,1-3H3/t10-,11-,12+/m1/s1. The van der Waals surface area contributed by atoms with Crippen LogP contribution in [0.4, 0.5) is 0 Å². The first kappa shape index (κ1) is 14.2. The summed E-state index contributed by atoms with van der Waals surface area (Å²) in [7, 11) is -3.23. The van der Waals surface area contributed by atoms with Gasteiger partial charge in [0, 0.05) is 31.8 Å². The second-order valence-corrected chi connectivity index (χ2v) is 7.77. The molecule has 0 unspecified atom stereocenters. The average Bonchev–Trinajstić information content (AvgIpc) is 2.88. The van der Waals surface area contributed by atoms with Crippen molar-refractivity contribution >= 4 is 10.0 Å². The lowest BCUT2D eigenvalue weighted by Crippen LogP contribution is -2.45. The van der Waals surface area contributed by atoms with E-state index in [-0.39, 0.29) is 11.3 Å². The second kappa shape index (κ2) is 5.45. The molecule has 0 amide bonds. The van der Waals surface area contributed by atoms with Crippen molar-refractivity contribution < 1.29 is 13.2 Å². The van der Waals surface area contributed by atoms with E-state index in [1.165, 1.54) is 0 Å². The van der Waals surface area contributed by atoms with Crippen molar-refractivity contribution in [2.24, 2.45) is 5.92 Å². The molecule has 2 rings (SSSR count). The Morgan fingerprint density at radius 3 is 2.56 bits per heavy atom. The fourth-order valence-electron chi connectivity index (χ4n) is 2.64. The zero-order chi connectivity index (χ0) is 13.3. The van der Waals surface area contributed by atoms with E-state index in [9.17, 15) is 8.42 Å². The quantitative estimate of drug-likeness (QED) is 0.808. The van der Waals surface area contributed by atoms with Gasteiger partial charge in [-0.2, -0.15) is 0 Å². The van der Waals surface area contributed by atoms with E-state index in [4.69, 9.17) is 4.74 Å². The molecule has 0 aromatic carbocycles. The molecule has 0 aromatic heterocycles. The minimum Gasteiger partial charge on any atom is -0.380 e. The predicted molar refractivity (Wildman–Crippen MR) is 70.9 cm³/mol. The summed E-state index contributed by atoms with van der Waals surface area (Å²) in [4.78, 5) is 2.32. The molecule has 2 saturated heterocycles. The van der Waals surface area contributed by atoms with Gasteiger partial charge in [-0.1, -0.05) is 6.92 Å². The number of hydrogen-bond acceptors (Lipinski definition) is 4. The Morgan fingerprint density at radius 1 is 1.33 bits per heavy atom. The van der Waals surface area contributed by atoms with Gasteiger partial charge in [0.1, 0.15) is 5.25 Å². The summed E-state index contributed by atoms with van der Waals surface area (Å²) < 4.78 is 32.4. The molecule has 0 aromatic rings. The highest BCUT2D eigenvalue weighted by Gasteiger charge is 2.37. The third-order valence-corrected chi connectivity index (χ3v) is 5.89. The molecule has 0 radical (unpaired) electrons. The molecule has 2 heterocycles. The molecule has 2 aliphatic heterocycles. The van der Waals surface area contributed by atoms with Crippen LogP contribution in [0.2, 0.25) is 0 Å². The largest absolute Gasteiger partial charge is 0.380 e. The molecule has 0 saturated carbocycles. The van der Waals surface area contributed by atoms with Crippen molar-refractivity contribution in [2.75, 3.05) is 26.3 Å². The van der Waals surface area contributed by atoms with Crippen molar-refractivity contribution in [2.45, 2.75) is 44.5 Å². The van der Waals surface area contributed by atoms with E-state index in [1.807, 2.05) is 0 Å². The van der Waals surface area contributed by atoms with Gasteiger partial charge in [-0.15, -0.1) is 0 Å².